The van der Waals surface area contributed by atoms with Crippen LogP contribution < -0.4 is 16.0 Å². The highest BCUT2D eigenvalue weighted by Gasteiger charge is 2.18. The lowest BCUT2D eigenvalue weighted by atomic mass is 10.1. The van der Waals surface area contributed by atoms with Crippen LogP contribution in [0, 0.1) is 0 Å². The smallest absolute Gasteiger partial charge is 0.259 e. The van der Waals surface area contributed by atoms with Crippen LogP contribution in [0.1, 0.15) is 23.2 Å². The average molecular weight is 331 g/mol. The molecule has 0 saturated carbocycles. The number of amides is 1. The number of halogens is 1. The standard InChI is InChI=1S/C17H19ClN4O/c18-12-4-1-5-13(10-12)22-17(23)15-7-3-9-20-16(15)21-14-6-2-8-19-11-14/h1,3-5,7,9-10,14,19H,2,6,8,11H2,(H,20,21)(H,22,23). The number of piperidine rings is 1. The molecule has 0 spiro atoms. The van der Waals surface area contributed by atoms with E-state index in [1.807, 2.05) is 0 Å². The Morgan fingerprint density at radius 1 is 1.30 bits per heavy atom. The van der Waals surface area contributed by atoms with Gasteiger partial charge in [0.2, 0.25) is 0 Å². The van der Waals surface area contributed by atoms with Crippen molar-refractivity contribution < 1.29 is 4.79 Å². The largest absolute Gasteiger partial charge is 0.365 e. The van der Waals surface area contributed by atoms with Gasteiger partial charge >= 0.3 is 0 Å². The van der Waals surface area contributed by atoms with Crippen LogP contribution in [0.25, 0.3) is 0 Å². The number of carbonyl (C=O) groups excluding carboxylic acids is 1. The van der Waals surface area contributed by atoms with Crippen molar-refractivity contribution in [3.05, 3.63) is 53.2 Å². The highest BCUT2D eigenvalue weighted by atomic mass is 35.5. The number of anilines is 2. The van der Waals surface area contributed by atoms with Crippen molar-refractivity contribution in [3.8, 4) is 0 Å². The lowest BCUT2D eigenvalue weighted by molar-refractivity contribution is 0.102. The molecule has 1 aromatic carbocycles. The minimum absolute atomic E-state index is 0.202. The molecule has 1 saturated heterocycles. The fourth-order valence-corrected chi connectivity index (χ4v) is 2.83. The SMILES string of the molecule is O=C(Nc1cccc(Cl)c1)c1cccnc1NC1CCCNC1. The zero-order valence-electron chi connectivity index (χ0n) is 12.7. The van der Waals surface area contributed by atoms with Gasteiger partial charge in [-0.25, -0.2) is 4.98 Å². The maximum atomic E-state index is 12.5. The van der Waals surface area contributed by atoms with Crippen LogP contribution in [-0.4, -0.2) is 30.0 Å². The lowest BCUT2D eigenvalue weighted by Gasteiger charge is -2.25. The van der Waals surface area contributed by atoms with Gasteiger partial charge in [-0.2, -0.15) is 0 Å². The normalized spacial score (nSPS) is 17.5. The first-order chi connectivity index (χ1) is 11.2. The van der Waals surface area contributed by atoms with Crippen LogP contribution in [0.15, 0.2) is 42.6 Å². The summed E-state index contributed by atoms with van der Waals surface area (Å²) in [6.45, 7) is 1.93. The maximum Gasteiger partial charge on any atom is 0.259 e. The molecule has 3 N–H and O–H groups in total. The van der Waals surface area contributed by atoms with E-state index in [4.69, 9.17) is 11.6 Å². The third-order valence-corrected chi connectivity index (χ3v) is 4.01. The Hall–Kier alpha value is -2.11. The third-order valence-electron chi connectivity index (χ3n) is 3.77. The molecule has 0 aliphatic carbocycles. The Bertz CT molecular complexity index is 686. The summed E-state index contributed by atoms with van der Waals surface area (Å²) in [6.07, 6.45) is 3.88. The molecule has 1 fully saturated rings. The number of nitrogens with zero attached hydrogens (tertiary/aromatic N) is 1. The highest BCUT2D eigenvalue weighted by Crippen LogP contribution is 2.19. The second kappa shape index (κ2) is 7.44. The molecule has 23 heavy (non-hydrogen) atoms. The van der Waals surface area contributed by atoms with Crippen molar-refractivity contribution >= 4 is 29.0 Å². The van der Waals surface area contributed by atoms with Crippen LogP contribution in [0.3, 0.4) is 0 Å². The van der Waals surface area contributed by atoms with Crippen molar-refractivity contribution in [2.45, 2.75) is 18.9 Å². The first-order valence-corrected chi connectivity index (χ1v) is 8.09. The van der Waals surface area contributed by atoms with Crippen molar-refractivity contribution in [1.82, 2.24) is 10.3 Å². The van der Waals surface area contributed by atoms with E-state index >= 15 is 0 Å². The lowest BCUT2D eigenvalue weighted by Crippen LogP contribution is -2.39. The van der Waals surface area contributed by atoms with Crippen molar-refractivity contribution in [3.63, 3.8) is 0 Å². The molecule has 6 heteroatoms. The Morgan fingerprint density at radius 2 is 2.22 bits per heavy atom. The monoisotopic (exact) mass is 330 g/mol. The number of aromatic nitrogens is 1. The van der Waals surface area contributed by atoms with Gasteiger partial charge in [-0.15, -0.1) is 0 Å². The van der Waals surface area contributed by atoms with Crippen LogP contribution in [0.2, 0.25) is 5.02 Å². The number of rotatable bonds is 4. The molecule has 1 aliphatic rings. The molecule has 1 atom stereocenters. The molecular weight excluding hydrogens is 312 g/mol. The minimum atomic E-state index is -0.202. The summed E-state index contributed by atoms with van der Waals surface area (Å²) in [5, 5.41) is 10.2. The van der Waals surface area contributed by atoms with Gasteiger partial charge in [0.25, 0.3) is 5.91 Å². The van der Waals surface area contributed by atoms with Crippen LogP contribution in [0.5, 0.6) is 0 Å². The quantitative estimate of drug-likeness (QED) is 0.805. The van der Waals surface area contributed by atoms with Crippen molar-refractivity contribution in [2.24, 2.45) is 0 Å². The topological polar surface area (TPSA) is 66.0 Å². The van der Waals surface area contributed by atoms with Gasteiger partial charge in [-0.3, -0.25) is 4.79 Å². The summed E-state index contributed by atoms with van der Waals surface area (Å²) in [5.41, 5.74) is 1.19. The van der Waals surface area contributed by atoms with E-state index < -0.39 is 0 Å². The van der Waals surface area contributed by atoms with Crippen LogP contribution in [-0.2, 0) is 0 Å². The van der Waals surface area contributed by atoms with E-state index in [-0.39, 0.29) is 11.9 Å². The van der Waals surface area contributed by atoms with Gasteiger partial charge in [0, 0.05) is 29.5 Å². The second-order valence-corrected chi connectivity index (χ2v) is 5.99. The van der Waals surface area contributed by atoms with E-state index in [9.17, 15) is 4.79 Å². The third kappa shape index (κ3) is 4.21. The Kier molecular flexibility index (Phi) is 5.10. The molecule has 2 heterocycles. The Labute approximate surface area is 140 Å². The number of pyridine rings is 1. The predicted molar refractivity (Wildman–Crippen MR) is 93.2 cm³/mol. The summed E-state index contributed by atoms with van der Waals surface area (Å²) in [5.74, 6) is 0.410. The van der Waals surface area contributed by atoms with E-state index in [2.05, 4.69) is 20.9 Å². The van der Waals surface area contributed by atoms with Gasteiger partial charge in [-0.05, 0) is 49.7 Å². The molecule has 120 valence electrons. The number of hydrogen-bond acceptors (Lipinski definition) is 4. The molecule has 1 aromatic heterocycles. The fraction of sp³-hybridized carbons (Fsp3) is 0.294. The van der Waals surface area contributed by atoms with Gasteiger partial charge in [0.05, 0.1) is 5.56 Å². The molecule has 1 amide bonds. The van der Waals surface area contributed by atoms with Crippen molar-refractivity contribution in [1.29, 1.82) is 0 Å². The fourth-order valence-electron chi connectivity index (χ4n) is 2.64. The first kappa shape index (κ1) is 15.8. The van der Waals surface area contributed by atoms with Crippen LogP contribution in [0.4, 0.5) is 11.5 Å². The van der Waals surface area contributed by atoms with Gasteiger partial charge < -0.3 is 16.0 Å². The van der Waals surface area contributed by atoms with E-state index in [0.29, 0.717) is 22.1 Å². The average Bonchev–Trinajstić information content (AvgIpc) is 2.56. The second-order valence-electron chi connectivity index (χ2n) is 5.55. The summed E-state index contributed by atoms with van der Waals surface area (Å²) < 4.78 is 0. The molecular formula is C17H19ClN4O. The van der Waals surface area contributed by atoms with Crippen LogP contribution >= 0.6 is 11.6 Å². The highest BCUT2D eigenvalue weighted by molar-refractivity contribution is 6.31. The first-order valence-electron chi connectivity index (χ1n) is 7.71. The summed E-state index contributed by atoms with van der Waals surface area (Å²) in [7, 11) is 0. The molecule has 0 bridgehead atoms. The van der Waals surface area contributed by atoms with E-state index in [1.165, 1.54) is 0 Å². The van der Waals surface area contributed by atoms with E-state index in [1.54, 1.807) is 42.6 Å². The molecule has 5 nitrogen and oxygen atoms in total. The minimum Gasteiger partial charge on any atom is -0.365 e. The van der Waals surface area contributed by atoms with Gasteiger partial charge in [0.1, 0.15) is 5.82 Å². The van der Waals surface area contributed by atoms with Gasteiger partial charge in [0.15, 0.2) is 0 Å². The molecule has 0 radical (unpaired) electrons. The van der Waals surface area contributed by atoms with Crippen molar-refractivity contribution in [2.75, 3.05) is 23.7 Å². The molecule has 1 unspecified atom stereocenters. The zero-order chi connectivity index (χ0) is 16.1. The van der Waals surface area contributed by atoms with E-state index in [0.717, 1.165) is 25.9 Å². The summed E-state index contributed by atoms with van der Waals surface area (Å²) in [6, 6.07) is 10.9. The Morgan fingerprint density at radius 3 is 3.00 bits per heavy atom. The number of hydrogen-bond donors (Lipinski definition) is 3. The molecule has 3 rings (SSSR count). The van der Waals surface area contributed by atoms with Gasteiger partial charge in [-0.1, -0.05) is 17.7 Å². The number of nitrogens with one attached hydrogen (secondary N) is 3. The molecule has 1 aliphatic heterocycles. The number of benzene rings is 1. The maximum absolute atomic E-state index is 12.5. The predicted octanol–water partition coefficient (Wildman–Crippen LogP) is 3.15. The Balaban J connectivity index is 1.74. The number of carbonyl (C=O) groups is 1. The molecule has 2 aromatic rings. The zero-order valence-corrected chi connectivity index (χ0v) is 13.4. The summed E-state index contributed by atoms with van der Waals surface area (Å²) in [4.78, 5) is 16.9. The summed E-state index contributed by atoms with van der Waals surface area (Å²) >= 11 is 5.95.